The van der Waals surface area contributed by atoms with Crippen LogP contribution in [0.1, 0.15) is 15.9 Å². The Morgan fingerprint density at radius 3 is 2.08 bits per heavy atom. The summed E-state index contributed by atoms with van der Waals surface area (Å²) >= 11 is 0. The normalized spacial score (nSPS) is 9.67. The Labute approximate surface area is 138 Å². The van der Waals surface area contributed by atoms with Crippen molar-refractivity contribution in [1.29, 1.82) is 0 Å². The second-order valence-electron chi connectivity index (χ2n) is 4.60. The molecule has 5 heteroatoms. The van der Waals surface area contributed by atoms with Crippen LogP contribution in [0.2, 0.25) is 0 Å². The van der Waals surface area contributed by atoms with Gasteiger partial charge in [-0.25, -0.2) is 9.59 Å². The lowest BCUT2D eigenvalue weighted by Gasteiger charge is -2.10. The highest BCUT2D eigenvalue weighted by molar-refractivity contribution is 6.11. The molecule has 0 bridgehead atoms. The molecule has 0 fully saturated rings. The summed E-state index contributed by atoms with van der Waals surface area (Å²) in [5, 5.41) is 0. The molecule has 0 saturated heterocycles. The van der Waals surface area contributed by atoms with Gasteiger partial charge in [-0.1, -0.05) is 43.5 Å². The molecule has 0 heterocycles. The van der Waals surface area contributed by atoms with Crippen LogP contribution in [0, 0.1) is 0 Å². The molecule has 2 aromatic carbocycles. The van der Waals surface area contributed by atoms with Crippen molar-refractivity contribution in [2.75, 3.05) is 0 Å². The largest absolute Gasteiger partial charge is 0.423 e. The van der Waals surface area contributed by atoms with E-state index in [0.717, 1.165) is 12.2 Å². The molecule has 0 aliphatic rings. The lowest BCUT2D eigenvalue weighted by atomic mass is 10.0. The fourth-order valence-corrected chi connectivity index (χ4v) is 1.89. The summed E-state index contributed by atoms with van der Waals surface area (Å²) in [6, 6.07) is 12.6. The summed E-state index contributed by atoms with van der Waals surface area (Å²) < 4.78 is 10.1. The Hall–Kier alpha value is -3.47. The maximum absolute atomic E-state index is 12.7. The number of benzene rings is 2. The van der Waals surface area contributed by atoms with E-state index in [1.807, 2.05) is 0 Å². The number of ether oxygens (including phenoxy) is 2. The van der Waals surface area contributed by atoms with Crippen LogP contribution in [0.3, 0.4) is 0 Å². The third-order valence-corrected chi connectivity index (χ3v) is 2.99. The number of carbonyl (C=O) groups excluding carboxylic acids is 3. The third-order valence-electron chi connectivity index (χ3n) is 2.99. The minimum absolute atomic E-state index is 0.0483. The minimum Gasteiger partial charge on any atom is -0.423 e. The van der Waals surface area contributed by atoms with E-state index in [0.29, 0.717) is 5.56 Å². The van der Waals surface area contributed by atoms with Crippen molar-refractivity contribution in [3.05, 3.63) is 85.0 Å². The quantitative estimate of drug-likeness (QED) is 0.354. The molecule has 0 radical (unpaired) electrons. The molecule has 0 saturated carbocycles. The fraction of sp³-hybridized carbons (Fsp3) is 0. The van der Waals surface area contributed by atoms with Crippen molar-refractivity contribution >= 4 is 17.7 Å². The van der Waals surface area contributed by atoms with Crippen LogP contribution in [0.5, 0.6) is 11.5 Å². The predicted octanol–water partition coefficient (Wildman–Crippen LogP) is 3.10. The first-order chi connectivity index (χ1) is 11.5. The van der Waals surface area contributed by atoms with Crippen molar-refractivity contribution in [3.63, 3.8) is 0 Å². The summed E-state index contributed by atoms with van der Waals surface area (Å²) in [6.07, 6.45) is 1.99. The van der Waals surface area contributed by atoms with Gasteiger partial charge in [0.1, 0.15) is 11.5 Å². The summed E-state index contributed by atoms with van der Waals surface area (Å²) in [4.78, 5) is 35.4. The highest BCUT2D eigenvalue weighted by Crippen LogP contribution is 2.27. The summed E-state index contributed by atoms with van der Waals surface area (Å²) in [5.41, 5.74) is 0.492. The first-order valence-electron chi connectivity index (χ1n) is 6.97. The topological polar surface area (TPSA) is 69.7 Å². The minimum atomic E-state index is -0.701. The van der Waals surface area contributed by atoms with Crippen molar-refractivity contribution in [2.24, 2.45) is 0 Å². The molecular weight excluding hydrogens is 308 g/mol. The predicted molar refractivity (Wildman–Crippen MR) is 88.0 cm³/mol. The van der Waals surface area contributed by atoms with Gasteiger partial charge in [0, 0.05) is 17.7 Å². The third kappa shape index (κ3) is 4.04. The van der Waals surface area contributed by atoms with Crippen molar-refractivity contribution in [3.8, 4) is 11.5 Å². The first-order valence-corrected chi connectivity index (χ1v) is 6.97. The molecule has 0 aliphatic carbocycles. The van der Waals surface area contributed by atoms with Crippen LogP contribution in [0.25, 0.3) is 0 Å². The van der Waals surface area contributed by atoms with Gasteiger partial charge in [-0.3, -0.25) is 4.79 Å². The number of hydrogen-bond acceptors (Lipinski definition) is 5. The molecule has 2 rings (SSSR count). The van der Waals surface area contributed by atoms with Gasteiger partial charge in [0.05, 0.1) is 5.56 Å². The van der Waals surface area contributed by atoms with Crippen LogP contribution >= 0.6 is 0 Å². The zero-order chi connectivity index (χ0) is 17.5. The Balaban J connectivity index is 2.46. The van der Waals surface area contributed by atoms with Gasteiger partial charge >= 0.3 is 11.9 Å². The van der Waals surface area contributed by atoms with Gasteiger partial charge < -0.3 is 9.47 Å². The van der Waals surface area contributed by atoms with E-state index < -0.39 is 11.9 Å². The van der Waals surface area contributed by atoms with Crippen molar-refractivity contribution in [1.82, 2.24) is 0 Å². The Morgan fingerprint density at radius 1 is 0.833 bits per heavy atom. The van der Waals surface area contributed by atoms with E-state index in [1.54, 1.807) is 30.3 Å². The van der Waals surface area contributed by atoms with Crippen molar-refractivity contribution < 1.29 is 23.9 Å². The zero-order valence-corrected chi connectivity index (χ0v) is 12.7. The smallest absolute Gasteiger partial charge is 0.335 e. The summed E-state index contributed by atoms with van der Waals surface area (Å²) in [5.74, 6) is -1.56. The van der Waals surface area contributed by atoms with Gasteiger partial charge in [-0.15, -0.1) is 0 Å². The average molecular weight is 322 g/mol. The summed E-state index contributed by atoms with van der Waals surface area (Å²) in [6.45, 7) is 6.63. The second kappa shape index (κ2) is 7.69. The molecular formula is C19H14O5. The molecule has 0 N–H and O–H groups in total. The van der Waals surface area contributed by atoms with Crippen LogP contribution in [0.4, 0.5) is 0 Å². The molecule has 24 heavy (non-hydrogen) atoms. The van der Waals surface area contributed by atoms with Gasteiger partial charge in [0.15, 0.2) is 5.78 Å². The van der Waals surface area contributed by atoms with E-state index in [1.165, 1.54) is 18.2 Å². The molecule has 2 aromatic rings. The number of ketones is 1. The van der Waals surface area contributed by atoms with E-state index in [4.69, 9.17) is 9.47 Å². The maximum atomic E-state index is 12.7. The Bertz CT molecular complexity index is 806. The highest BCUT2D eigenvalue weighted by Gasteiger charge is 2.18. The molecule has 5 nitrogen and oxygen atoms in total. The molecule has 0 aromatic heterocycles. The highest BCUT2D eigenvalue weighted by atomic mass is 16.5. The van der Waals surface area contributed by atoms with Gasteiger partial charge in [0.25, 0.3) is 0 Å². The Morgan fingerprint density at radius 2 is 1.46 bits per heavy atom. The monoisotopic (exact) mass is 322 g/mol. The first kappa shape index (κ1) is 16.9. The molecule has 120 valence electrons. The van der Waals surface area contributed by atoms with Gasteiger partial charge in [-0.2, -0.15) is 0 Å². The zero-order valence-electron chi connectivity index (χ0n) is 12.7. The molecule has 0 spiro atoms. The van der Waals surface area contributed by atoms with E-state index in [2.05, 4.69) is 13.2 Å². The fourth-order valence-electron chi connectivity index (χ4n) is 1.89. The molecule has 0 amide bonds. The number of esters is 2. The average Bonchev–Trinajstić information content (AvgIpc) is 2.62. The molecule has 0 unspecified atom stereocenters. The number of rotatable bonds is 6. The number of hydrogen-bond donors (Lipinski definition) is 0. The van der Waals surface area contributed by atoms with E-state index >= 15 is 0 Å². The summed E-state index contributed by atoms with van der Waals surface area (Å²) in [7, 11) is 0. The SMILES string of the molecule is C=CC(=O)Oc1ccc(OC(=O)C=C)c(C(=O)c2ccccc2)c1. The second-order valence-corrected chi connectivity index (χ2v) is 4.60. The van der Waals surface area contributed by atoms with E-state index in [9.17, 15) is 14.4 Å². The van der Waals surface area contributed by atoms with Gasteiger partial charge in [-0.05, 0) is 18.2 Å². The number of carbonyl (C=O) groups is 3. The molecule has 0 atom stereocenters. The molecule has 0 aliphatic heterocycles. The maximum Gasteiger partial charge on any atom is 0.335 e. The lowest BCUT2D eigenvalue weighted by Crippen LogP contribution is -2.10. The van der Waals surface area contributed by atoms with Crippen molar-refractivity contribution in [2.45, 2.75) is 0 Å². The van der Waals surface area contributed by atoms with Crippen LogP contribution in [0.15, 0.2) is 73.8 Å². The lowest BCUT2D eigenvalue weighted by molar-refractivity contribution is -0.130. The Kier molecular flexibility index (Phi) is 5.41. The van der Waals surface area contributed by atoms with E-state index in [-0.39, 0.29) is 22.8 Å². The van der Waals surface area contributed by atoms with Crippen LogP contribution in [-0.4, -0.2) is 17.7 Å². The standard InChI is InChI=1S/C19H14O5/c1-3-17(20)23-14-10-11-16(24-18(21)4-2)15(12-14)19(22)13-8-6-5-7-9-13/h3-12H,1-2H2. The van der Waals surface area contributed by atoms with Crippen LogP contribution < -0.4 is 9.47 Å². The van der Waals surface area contributed by atoms with Crippen LogP contribution in [-0.2, 0) is 9.59 Å². The van der Waals surface area contributed by atoms with Gasteiger partial charge in [0.2, 0.25) is 0 Å².